The minimum atomic E-state index is 0.429. The zero-order valence-electron chi connectivity index (χ0n) is 5.37. The highest BCUT2D eigenvalue weighted by Crippen LogP contribution is 2.20. The van der Waals surface area contributed by atoms with Gasteiger partial charge in [-0.25, -0.2) is 4.98 Å². The first-order valence-corrected chi connectivity index (χ1v) is 3.69. The van der Waals surface area contributed by atoms with Gasteiger partial charge in [-0.1, -0.05) is 0 Å². The van der Waals surface area contributed by atoms with Gasteiger partial charge in [0.2, 0.25) is 5.65 Å². The van der Waals surface area contributed by atoms with Gasteiger partial charge in [0.15, 0.2) is 0 Å². The summed E-state index contributed by atoms with van der Waals surface area (Å²) in [5.74, 6) is 0.429. The zero-order chi connectivity index (χ0) is 7.84. The molecule has 11 heavy (non-hydrogen) atoms. The molecule has 3 N–H and O–H groups in total. The Hall–Kier alpha value is -1.17. The van der Waals surface area contributed by atoms with Crippen molar-refractivity contribution < 1.29 is 0 Å². The standard InChI is InChI=1S/C5H4BrN5/c6-2-1-3(7)8-5-4(2)9-11-10-5/h1H,(H3,7,8,9,10,11). The van der Waals surface area contributed by atoms with Gasteiger partial charge < -0.3 is 5.73 Å². The first-order chi connectivity index (χ1) is 5.27. The molecule has 2 heterocycles. The molecule has 0 atom stereocenters. The average molecular weight is 214 g/mol. The summed E-state index contributed by atoms with van der Waals surface area (Å²) in [5.41, 5.74) is 6.68. The summed E-state index contributed by atoms with van der Waals surface area (Å²) >= 11 is 3.28. The zero-order valence-corrected chi connectivity index (χ0v) is 6.96. The molecule has 0 bridgehead atoms. The van der Waals surface area contributed by atoms with Gasteiger partial charge in [-0.2, -0.15) is 10.3 Å². The van der Waals surface area contributed by atoms with Crippen LogP contribution in [0.3, 0.4) is 0 Å². The van der Waals surface area contributed by atoms with E-state index >= 15 is 0 Å². The Kier molecular flexibility index (Phi) is 1.28. The number of hydrogen-bond acceptors (Lipinski definition) is 4. The maximum atomic E-state index is 5.46. The van der Waals surface area contributed by atoms with Crippen LogP contribution in [0.4, 0.5) is 5.82 Å². The summed E-state index contributed by atoms with van der Waals surface area (Å²) in [7, 11) is 0. The topological polar surface area (TPSA) is 80.5 Å². The van der Waals surface area contributed by atoms with E-state index in [0.717, 1.165) is 4.47 Å². The number of nitrogens with one attached hydrogen (secondary N) is 1. The van der Waals surface area contributed by atoms with E-state index in [1.54, 1.807) is 6.07 Å². The SMILES string of the molecule is Nc1cc(Br)c2n[nH]nc2n1. The Bertz CT molecular complexity index is 395. The van der Waals surface area contributed by atoms with Crippen molar-refractivity contribution in [1.82, 2.24) is 20.4 Å². The predicted octanol–water partition coefficient (Wildman–Crippen LogP) is 0.698. The molecule has 0 saturated carbocycles. The van der Waals surface area contributed by atoms with Gasteiger partial charge in [-0.3, -0.25) is 0 Å². The number of H-pyrrole nitrogens is 1. The normalized spacial score (nSPS) is 10.6. The average Bonchev–Trinajstić information content (AvgIpc) is 2.34. The number of fused-ring (bicyclic) bond motifs is 1. The van der Waals surface area contributed by atoms with Crippen molar-refractivity contribution in [3.8, 4) is 0 Å². The molecule has 56 valence electrons. The monoisotopic (exact) mass is 213 g/mol. The van der Waals surface area contributed by atoms with Gasteiger partial charge in [0.05, 0.1) is 4.47 Å². The van der Waals surface area contributed by atoms with Gasteiger partial charge in [0.1, 0.15) is 11.3 Å². The smallest absolute Gasteiger partial charge is 0.204 e. The number of pyridine rings is 1. The van der Waals surface area contributed by atoms with E-state index in [0.29, 0.717) is 17.0 Å². The maximum absolute atomic E-state index is 5.46. The molecular formula is C5H4BrN5. The number of nitrogens with zero attached hydrogens (tertiary/aromatic N) is 3. The Morgan fingerprint density at radius 1 is 1.45 bits per heavy atom. The molecule has 5 nitrogen and oxygen atoms in total. The van der Waals surface area contributed by atoms with Gasteiger partial charge >= 0.3 is 0 Å². The van der Waals surface area contributed by atoms with E-state index in [4.69, 9.17) is 5.73 Å². The van der Waals surface area contributed by atoms with Crippen molar-refractivity contribution in [2.24, 2.45) is 0 Å². The molecule has 0 aliphatic carbocycles. The summed E-state index contributed by atoms with van der Waals surface area (Å²) in [4.78, 5) is 3.94. The highest BCUT2D eigenvalue weighted by molar-refractivity contribution is 9.10. The molecule has 0 spiro atoms. The summed E-state index contributed by atoms with van der Waals surface area (Å²) < 4.78 is 0.800. The van der Waals surface area contributed by atoms with E-state index in [9.17, 15) is 0 Å². The second-order valence-electron chi connectivity index (χ2n) is 2.02. The van der Waals surface area contributed by atoms with E-state index in [-0.39, 0.29) is 0 Å². The minimum Gasteiger partial charge on any atom is -0.384 e. The lowest BCUT2D eigenvalue weighted by molar-refractivity contribution is 0.954. The highest BCUT2D eigenvalue weighted by atomic mass is 79.9. The Morgan fingerprint density at radius 3 is 3.09 bits per heavy atom. The number of anilines is 1. The van der Waals surface area contributed by atoms with Crippen molar-refractivity contribution in [3.05, 3.63) is 10.5 Å². The fourth-order valence-corrected chi connectivity index (χ4v) is 1.32. The number of nitrogens with two attached hydrogens (primary N) is 1. The summed E-state index contributed by atoms with van der Waals surface area (Å²) in [6.45, 7) is 0. The molecule has 0 fully saturated rings. The van der Waals surface area contributed by atoms with Crippen LogP contribution in [0.15, 0.2) is 10.5 Å². The fraction of sp³-hybridized carbons (Fsp3) is 0. The molecule has 2 rings (SSSR count). The molecule has 6 heteroatoms. The Labute approximate surface area is 70.1 Å². The number of nitrogen functional groups attached to an aromatic ring is 1. The lowest BCUT2D eigenvalue weighted by atomic mass is 10.4. The number of aromatic nitrogens is 4. The predicted molar refractivity (Wildman–Crippen MR) is 43.8 cm³/mol. The van der Waals surface area contributed by atoms with Crippen molar-refractivity contribution in [2.45, 2.75) is 0 Å². The van der Waals surface area contributed by atoms with Crippen LogP contribution in [-0.4, -0.2) is 20.4 Å². The third-order valence-corrected chi connectivity index (χ3v) is 1.87. The first kappa shape index (κ1) is 6.53. The molecule has 0 amide bonds. The Morgan fingerprint density at radius 2 is 2.27 bits per heavy atom. The number of hydrogen-bond donors (Lipinski definition) is 2. The van der Waals surface area contributed by atoms with Crippen molar-refractivity contribution in [3.63, 3.8) is 0 Å². The molecule has 0 unspecified atom stereocenters. The van der Waals surface area contributed by atoms with E-state index < -0.39 is 0 Å². The van der Waals surface area contributed by atoms with Gasteiger partial charge in [-0.05, 0) is 22.0 Å². The summed E-state index contributed by atoms with van der Waals surface area (Å²) in [6, 6.07) is 1.69. The molecular weight excluding hydrogens is 210 g/mol. The van der Waals surface area contributed by atoms with Gasteiger partial charge in [0, 0.05) is 0 Å². The molecule has 0 radical (unpaired) electrons. The van der Waals surface area contributed by atoms with Crippen molar-refractivity contribution >= 4 is 32.9 Å². The number of rotatable bonds is 0. The van der Waals surface area contributed by atoms with Gasteiger partial charge in [-0.15, -0.1) is 5.10 Å². The first-order valence-electron chi connectivity index (χ1n) is 2.90. The third kappa shape index (κ3) is 0.949. The minimum absolute atomic E-state index is 0.429. The van der Waals surface area contributed by atoms with Crippen LogP contribution < -0.4 is 5.73 Å². The van der Waals surface area contributed by atoms with E-state index in [2.05, 4.69) is 36.3 Å². The molecule has 2 aromatic heterocycles. The number of aromatic amines is 1. The van der Waals surface area contributed by atoms with Gasteiger partial charge in [0.25, 0.3) is 0 Å². The van der Waals surface area contributed by atoms with Crippen LogP contribution in [0.25, 0.3) is 11.2 Å². The molecule has 0 aliphatic heterocycles. The van der Waals surface area contributed by atoms with Crippen LogP contribution in [-0.2, 0) is 0 Å². The summed E-state index contributed by atoms with van der Waals surface area (Å²) in [6.07, 6.45) is 0. The van der Waals surface area contributed by atoms with Crippen LogP contribution >= 0.6 is 15.9 Å². The quantitative estimate of drug-likeness (QED) is 0.676. The second-order valence-corrected chi connectivity index (χ2v) is 2.88. The lowest BCUT2D eigenvalue weighted by Gasteiger charge is -1.92. The lowest BCUT2D eigenvalue weighted by Crippen LogP contribution is -1.90. The number of halogens is 1. The Balaban J connectivity index is 2.91. The molecule has 2 aromatic rings. The van der Waals surface area contributed by atoms with Crippen LogP contribution in [0.1, 0.15) is 0 Å². The van der Waals surface area contributed by atoms with E-state index in [1.807, 2.05) is 0 Å². The molecule has 0 aliphatic rings. The largest absolute Gasteiger partial charge is 0.384 e. The second kappa shape index (κ2) is 2.16. The van der Waals surface area contributed by atoms with E-state index in [1.165, 1.54) is 0 Å². The van der Waals surface area contributed by atoms with Crippen molar-refractivity contribution in [1.29, 1.82) is 0 Å². The maximum Gasteiger partial charge on any atom is 0.204 e. The fourth-order valence-electron chi connectivity index (χ4n) is 0.816. The van der Waals surface area contributed by atoms with Crippen LogP contribution in [0, 0.1) is 0 Å². The van der Waals surface area contributed by atoms with Crippen molar-refractivity contribution in [2.75, 3.05) is 5.73 Å². The summed E-state index contributed by atoms with van der Waals surface area (Å²) in [5, 5.41) is 10.1. The van der Waals surface area contributed by atoms with Crippen LogP contribution in [0.2, 0.25) is 0 Å². The highest BCUT2D eigenvalue weighted by Gasteiger charge is 2.04. The molecule has 0 aromatic carbocycles. The third-order valence-electron chi connectivity index (χ3n) is 1.27. The molecule has 0 saturated heterocycles. The van der Waals surface area contributed by atoms with Crippen LogP contribution in [0.5, 0.6) is 0 Å².